The number of rotatable bonds is 11. The van der Waals surface area contributed by atoms with Gasteiger partial charge in [-0.2, -0.15) is 8.78 Å². The number of benzene rings is 3. The first-order valence-electron chi connectivity index (χ1n) is 14.4. The third-order valence-corrected chi connectivity index (χ3v) is 8.28. The minimum atomic E-state index is -3.60. The van der Waals surface area contributed by atoms with Crippen LogP contribution in [-0.4, -0.2) is 66.8 Å². The van der Waals surface area contributed by atoms with E-state index in [1.54, 1.807) is 18.2 Å². The molecule has 0 saturated carbocycles. The lowest BCUT2D eigenvalue weighted by molar-refractivity contribution is -0.148. The molecule has 2 unspecified atom stereocenters. The van der Waals surface area contributed by atoms with Crippen molar-refractivity contribution in [3.63, 3.8) is 0 Å². The van der Waals surface area contributed by atoms with Crippen LogP contribution in [0, 0.1) is 0 Å². The van der Waals surface area contributed by atoms with Crippen molar-refractivity contribution in [1.82, 2.24) is 10.2 Å². The van der Waals surface area contributed by atoms with Gasteiger partial charge < -0.3 is 24.8 Å². The molecule has 6 nitrogen and oxygen atoms in total. The van der Waals surface area contributed by atoms with Crippen molar-refractivity contribution in [3.05, 3.63) is 76.8 Å². The highest BCUT2D eigenvalue weighted by Gasteiger charge is 2.40. The summed E-state index contributed by atoms with van der Waals surface area (Å²) in [6, 6.07) is 17.3. The Hall–Kier alpha value is -2.78. The van der Waals surface area contributed by atoms with Crippen LogP contribution in [-0.2, 0) is 16.0 Å². The normalized spacial score (nSPS) is 18.3. The molecule has 41 heavy (non-hydrogen) atoms. The van der Waals surface area contributed by atoms with Gasteiger partial charge in [-0.25, -0.2) is 0 Å². The fourth-order valence-corrected chi connectivity index (χ4v) is 5.79. The molecule has 9 heteroatoms. The van der Waals surface area contributed by atoms with Gasteiger partial charge in [0.15, 0.2) is 0 Å². The molecular weight excluding hydrogens is 550 g/mol. The van der Waals surface area contributed by atoms with Gasteiger partial charge in [-0.3, -0.25) is 4.79 Å². The number of carbonyl (C=O) groups excluding carboxylic acids is 1. The highest BCUT2D eigenvalue weighted by Crippen LogP contribution is 2.32. The number of aliphatic hydroxyl groups is 1. The molecule has 2 N–H and O–H groups in total. The van der Waals surface area contributed by atoms with Crippen LogP contribution in [0.15, 0.2) is 60.7 Å². The maximum absolute atomic E-state index is 15.1. The minimum Gasteiger partial charge on any atom is -0.489 e. The summed E-state index contributed by atoms with van der Waals surface area (Å²) in [5, 5.41) is 16.1. The number of carbonyl (C=O) groups is 1. The van der Waals surface area contributed by atoms with Crippen LogP contribution in [0.5, 0.6) is 5.75 Å². The van der Waals surface area contributed by atoms with E-state index in [0.717, 1.165) is 55.1 Å². The number of ether oxygens (including phenoxy) is 2. The van der Waals surface area contributed by atoms with Gasteiger partial charge in [0.2, 0.25) is 0 Å². The molecule has 3 aromatic rings. The monoisotopic (exact) mass is 586 g/mol. The van der Waals surface area contributed by atoms with Crippen molar-refractivity contribution in [2.45, 2.75) is 62.7 Å². The molecular formula is C32H37ClF2N2O4. The number of nitrogens with one attached hydrogen (secondary N) is 1. The van der Waals surface area contributed by atoms with E-state index in [4.69, 9.17) is 21.1 Å². The molecule has 0 bridgehead atoms. The van der Waals surface area contributed by atoms with E-state index in [2.05, 4.69) is 10.2 Å². The van der Waals surface area contributed by atoms with Crippen molar-refractivity contribution in [2.24, 2.45) is 0 Å². The van der Waals surface area contributed by atoms with Gasteiger partial charge in [-0.05, 0) is 66.4 Å². The Kier molecular flexibility index (Phi) is 9.75. The van der Waals surface area contributed by atoms with Crippen LogP contribution in [0.25, 0.3) is 10.8 Å². The molecule has 3 aromatic carbocycles. The van der Waals surface area contributed by atoms with E-state index in [-0.39, 0.29) is 19.1 Å². The Morgan fingerprint density at radius 1 is 1.07 bits per heavy atom. The molecule has 2 aliphatic rings. The van der Waals surface area contributed by atoms with Crippen LogP contribution in [0.4, 0.5) is 8.78 Å². The SMILES string of the molecule is O=C(NC(CN1CCCC1)C(O)c1ccc(OC2CCOCC2)c(Cl)c1)C(F)(F)CCc1ccc2ccccc2c1. The molecule has 2 saturated heterocycles. The number of aryl methyl sites for hydroxylation is 1. The molecule has 1 amide bonds. The molecule has 0 aliphatic carbocycles. The van der Waals surface area contributed by atoms with Crippen LogP contribution < -0.4 is 10.1 Å². The molecule has 0 radical (unpaired) electrons. The third-order valence-electron chi connectivity index (χ3n) is 7.98. The largest absolute Gasteiger partial charge is 0.489 e. The van der Waals surface area contributed by atoms with Crippen molar-refractivity contribution in [2.75, 3.05) is 32.8 Å². The molecule has 0 aromatic heterocycles. The lowest BCUT2D eigenvalue weighted by Gasteiger charge is -2.30. The molecule has 0 spiro atoms. The minimum absolute atomic E-state index is 0.00364. The van der Waals surface area contributed by atoms with E-state index in [0.29, 0.717) is 29.5 Å². The second kappa shape index (κ2) is 13.5. The van der Waals surface area contributed by atoms with E-state index in [9.17, 15) is 9.90 Å². The molecule has 2 fully saturated rings. The number of fused-ring (bicyclic) bond motifs is 1. The number of amides is 1. The van der Waals surface area contributed by atoms with Crippen LogP contribution in [0.2, 0.25) is 5.02 Å². The average Bonchev–Trinajstić information content (AvgIpc) is 3.50. The van der Waals surface area contributed by atoms with Gasteiger partial charge in [0, 0.05) is 25.8 Å². The van der Waals surface area contributed by atoms with E-state index in [1.165, 1.54) is 0 Å². The Morgan fingerprint density at radius 3 is 2.54 bits per heavy atom. The fourth-order valence-electron chi connectivity index (χ4n) is 5.55. The van der Waals surface area contributed by atoms with E-state index in [1.807, 2.05) is 42.5 Å². The second-order valence-electron chi connectivity index (χ2n) is 11.0. The summed E-state index contributed by atoms with van der Waals surface area (Å²) in [6.45, 7) is 3.09. The molecule has 2 aliphatic heterocycles. The Morgan fingerprint density at radius 2 is 1.80 bits per heavy atom. The number of nitrogens with zero attached hydrogens (tertiary/aromatic N) is 1. The molecule has 220 valence electrons. The average molecular weight is 587 g/mol. The zero-order valence-electron chi connectivity index (χ0n) is 23.0. The van der Waals surface area contributed by atoms with Gasteiger partial charge in [0.25, 0.3) is 5.91 Å². The summed E-state index contributed by atoms with van der Waals surface area (Å²) in [5.74, 6) is -4.49. The molecule has 2 heterocycles. The first kappa shape index (κ1) is 29.7. The van der Waals surface area contributed by atoms with Gasteiger partial charge in [0.1, 0.15) is 18.0 Å². The highest BCUT2D eigenvalue weighted by atomic mass is 35.5. The number of halogens is 3. The van der Waals surface area contributed by atoms with E-state index < -0.39 is 30.4 Å². The summed E-state index contributed by atoms with van der Waals surface area (Å²) >= 11 is 6.50. The van der Waals surface area contributed by atoms with Gasteiger partial charge >= 0.3 is 5.92 Å². The number of aliphatic hydroxyl groups excluding tert-OH is 1. The standard InChI is InChI=1S/C32H37ClF2N2O4/c33-27-20-25(9-10-29(27)41-26-12-17-40-18-13-26)30(38)28(21-37-15-3-4-16-37)36-31(39)32(34,35)14-11-22-7-8-23-5-1-2-6-24(23)19-22/h1-2,5-10,19-20,26,28,30,38H,3-4,11-18,21H2,(H,36,39). The van der Waals surface area contributed by atoms with Crippen molar-refractivity contribution in [1.29, 1.82) is 0 Å². The zero-order chi connectivity index (χ0) is 28.8. The maximum atomic E-state index is 15.1. The number of alkyl halides is 2. The predicted molar refractivity (Wildman–Crippen MR) is 156 cm³/mol. The summed E-state index contributed by atoms with van der Waals surface area (Å²) in [5.41, 5.74) is 1.17. The maximum Gasteiger partial charge on any atom is 0.324 e. The molecule has 5 rings (SSSR count). The number of hydrogen-bond acceptors (Lipinski definition) is 5. The smallest absolute Gasteiger partial charge is 0.324 e. The van der Waals surface area contributed by atoms with Crippen molar-refractivity contribution < 1.29 is 28.2 Å². The lowest BCUT2D eigenvalue weighted by Crippen LogP contribution is -2.51. The van der Waals surface area contributed by atoms with Gasteiger partial charge in [0.05, 0.1) is 24.3 Å². The lowest BCUT2D eigenvalue weighted by atomic mass is 9.99. The number of hydrogen-bond donors (Lipinski definition) is 2. The Balaban J connectivity index is 1.26. The van der Waals surface area contributed by atoms with Gasteiger partial charge in [-0.15, -0.1) is 0 Å². The highest BCUT2D eigenvalue weighted by molar-refractivity contribution is 6.32. The summed E-state index contributed by atoms with van der Waals surface area (Å²) in [7, 11) is 0. The van der Waals surface area contributed by atoms with Crippen molar-refractivity contribution >= 4 is 28.3 Å². The Labute approximate surface area is 244 Å². The quantitative estimate of drug-likeness (QED) is 0.291. The summed E-state index contributed by atoms with van der Waals surface area (Å²) < 4.78 is 41.7. The number of likely N-dealkylation sites (tertiary alicyclic amines) is 1. The second-order valence-corrected chi connectivity index (χ2v) is 11.4. The van der Waals surface area contributed by atoms with Crippen LogP contribution in [0.3, 0.4) is 0 Å². The topological polar surface area (TPSA) is 71.0 Å². The zero-order valence-corrected chi connectivity index (χ0v) is 23.8. The first-order valence-corrected chi connectivity index (χ1v) is 14.8. The van der Waals surface area contributed by atoms with Crippen LogP contribution >= 0.6 is 11.6 Å². The first-order chi connectivity index (χ1) is 19.8. The van der Waals surface area contributed by atoms with Gasteiger partial charge in [-0.1, -0.05) is 60.1 Å². The Bertz CT molecular complexity index is 1330. The summed E-state index contributed by atoms with van der Waals surface area (Å²) in [4.78, 5) is 15.0. The fraction of sp³-hybridized carbons (Fsp3) is 0.469. The summed E-state index contributed by atoms with van der Waals surface area (Å²) in [6.07, 6.45) is 1.69. The van der Waals surface area contributed by atoms with Crippen LogP contribution in [0.1, 0.15) is 49.3 Å². The third kappa shape index (κ3) is 7.74. The molecule has 2 atom stereocenters. The predicted octanol–water partition coefficient (Wildman–Crippen LogP) is 5.93. The van der Waals surface area contributed by atoms with E-state index >= 15 is 8.78 Å². The van der Waals surface area contributed by atoms with Crippen molar-refractivity contribution in [3.8, 4) is 5.75 Å².